The van der Waals surface area contributed by atoms with Crippen LogP contribution >= 0.6 is 0 Å². The fourth-order valence-corrected chi connectivity index (χ4v) is 2.84. The van der Waals surface area contributed by atoms with Crippen LogP contribution in [-0.2, 0) is 11.0 Å². The van der Waals surface area contributed by atoms with Crippen LogP contribution in [0.3, 0.4) is 0 Å². The van der Waals surface area contributed by atoms with Gasteiger partial charge in [0.25, 0.3) is 0 Å². The zero-order valence-corrected chi connectivity index (χ0v) is 13.8. The van der Waals surface area contributed by atoms with Crippen LogP contribution in [0.5, 0.6) is 0 Å². The lowest BCUT2D eigenvalue weighted by Crippen LogP contribution is -2.39. The van der Waals surface area contributed by atoms with Crippen LogP contribution < -0.4 is 5.32 Å². The van der Waals surface area contributed by atoms with E-state index < -0.39 is 23.6 Å². The standard InChI is InChI=1S/C17H21F3N2O3/c1-11(12-3-2-4-14(9-12)17(18,19)20)5-7-21-16(25)22-8-6-13(10-22)15(23)24/h2-4,9,11,13H,5-8,10H2,1H3,(H,21,25)(H,23,24). The third-order valence-corrected chi connectivity index (χ3v) is 4.46. The second kappa shape index (κ2) is 7.76. The summed E-state index contributed by atoms with van der Waals surface area (Å²) in [5, 5.41) is 11.6. The Morgan fingerprint density at radius 2 is 2.12 bits per heavy atom. The average molecular weight is 358 g/mol. The molecule has 1 fully saturated rings. The third-order valence-electron chi connectivity index (χ3n) is 4.46. The molecule has 5 nitrogen and oxygen atoms in total. The Balaban J connectivity index is 1.82. The van der Waals surface area contributed by atoms with Crippen molar-refractivity contribution < 1.29 is 27.9 Å². The number of carbonyl (C=O) groups is 2. The van der Waals surface area contributed by atoms with E-state index in [9.17, 15) is 22.8 Å². The molecule has 1 aliphatic heterocycles. The molecule has 2 rings (SSSR count). The predicted molar refractivity (Wildman–Crippen MR) is 85.2 cm³/mol. The lowest BCUT2D eigenvalue weighted by Gasteiger charge is -2.18. The summed E-state index contributed by atoms with van der Waals surface area (Å²) >= 11 is 0. The predicted octanol–water partition coefficient (Wildman–Crippen LogP) is 3.32. The number of hydrogen-bond acceptors (Lipinski definition) is 2. The number of urea groups is 1. The largest absolute Gasteiger partial charge is 0.481 e. The molecule has 0 aromatic heterocycles. The molecule has 2 unspecified atom stereocenters. The Morgan fingerprint density at radius 1 is 1.40 bits per heavy atom. The fourth-order valence-electron chi connectivity index (χ4n) is 2.84. The van der Waals surface area contributed by atoms with E-state index in [2.05, 4.69) is 5.32 Å². The number of likely N-dealkylation sites (tertiary alicyclic amines) is 1. The zero-order chi connectivity index (χ0) is 18.6. The molecule has 0 spiro atoms. The lowest BCUT2D eigenvalue weighted by atomic mass is 9.96. The second-order valence-electron chi connectivity index (χ2n) is 6.31. The maximum Gasteiger partial charge on any atom is 0.416 e. The van der Waals surface area contributed by atoms with E-state index in [0.717, 1.165) is 12.1 Å². The Kier molecular flexibility index (Phi) is 5.92. The van der Waals surface area contributed by atoms with Gasteiger partial charge in [-0.15, -0.1) is 0 Å². The van der Waals surface area contributed by atoms with Crippen LogP contribution in [-0.4, -0.2) is 41.6 Å². The number of carboxylic acids is 1. The van der Waals surface area contributed by atoms with Gasteiger partial charge in [-0.05, 0) is 30.4 Å². The number of carboxylic acid groups (broad SMARTS) is 1. The van der Waals surface area contributed by atoms with Crippen LogP contribution in [0.4, 0.5) is 18.0 Å². The van der Waals surface area contributed by atoms with E-state index >= 15 is 0 Å². The molecule has 0 saturated carbocycles. The normalized spacial score (nSPS) is 18.9. The number of carbonyl (C=O) groups excluding carboxylic acids is 1. The molecule has 1 aromatic carbocycles. The van der Waals surface area contributed by atoms with Crippen molar-refractivity contribution in [3.05, 3.63) is 35.4 Å². The summed E-state index contributed by atoms with van der Waals surface area (Å²) in [6.45, 7) is 2.69. The summed E-state index contributed by atoms with van der Waals surface area (Å²) in [6.07, 6.45) is -3.45. The number of alkyl halides is 3. The first kappa shape index (κ1) is 19.1. The lowest BCUT2D eigenvalue weighted by molar-refractivity contribution is -0.141. The highest BCUT2D eigenvalue weighted by Gasteiger charge is 2.31. The van der Waals surface area contributed by atoms with Gasteiger partial charge in [0.15, 0.2) is 0 Å². The van der Waals surface area contributed by atoms with Crippen LogP contribution in [0.15, 0.2) is 24.3 Å². The van der Waals surface area contributed by atoms with Crippen LogP contribution in [0.1, 0.15) is 36.8 Å². The number of aliphatic carboxylic acids is 1. The molecule has 0 bridgehead atoms. The van der Waals surface area contributed by atoms with Gasteiger partial charge in [0.05, 0.1) is 11.5 Å². The van der Waals surface area contributed by atoms with E-state index in [1.54, 1.807) is 13.0 Å². The Hall–Kier alpha value is -2.25. The minimum atomic E-state index is -4.37. The molecule has 0 radical (unpaired) electrons. The molecule has 1 aromatic rings. The van der Waals surface area contributed by atoms with E-state index in [-0.39, 0.29) is 18.5 Å². The van der Waals surface area contributed by atoms with Crippen molar-refractivity contribution >= 4 is 12.0 Å². The summed E-state index contributed by atoms with van der Waals surface area (Å²) < 4.78 is 38.2. The van der Waals surface area contributed by atoms with Gasteiger partial charge in [-0.25, -0.2) is 4.79 Å². The molecule has 2 N–H and O–H groups in total. The SMILES string of the molecule is CC(CCNC(=O)N1CCC(C(=O)O)C1)c1cccc(C(F)(F)F)c1. The molecular formula is C17H21F3N2O3. The molecule has 2 amide bonds. The van der Waals surface area contributed by atoms with Gasteiger partial charge < -0.3 is 15.3 Å². The highest BCUT2D eigenvalue weighted by atomic mass is 19.4. The van der Waals surface area contributed by atoms with Crippen molar-refractivity contribution in [2.24, 2.45) is 5.92 Å². The maximum absolute atomic E-state index is 12.7. The summed E-state index contributed by atoms with van der Waals surface area (Å²) in [5.74, 6) is -1.59. The average Bonchev–Trinajstić information content (AvgIpc) is 3.04. The van der Waals surface area contributed by atoms with Crippen LogP contribution in [0.25, 0.3) is 0 Å². The molecule has 138 valence electrons. The van der Waals surface area contributed by atoms with E-state index in [1.807, 2.05) is 0 Å². The molecule has 25 heavy (non-hydrogen) atoms. The van der Waals surface area contributed by atoms with E-state index in [1.165, 1.54) is 11.0 Å². The van der Waals surface area contributed by atoms with E-state index in [0.29, 0.717) is 31.5 Å². The van der Waals surface area contributed by atoms with Gasteiger partial charge in [0, 0.05) is 19.6 Å². The van der Waals surface area contributed by atoms with Crippen molar-refractivity contribution in [2.75, 3.05) is 19.6 Å². The minimum Gasteiger partial charge on any atom is -0.481 e. The van der Waals surface area contributed by atoms with Gasteiger partial charge in [-0.3, -0.25) is 4.79 Å². The molecule has 1 aliphatic rings. The van der Waals surface area contributed by atoms with Gasteiger partial charge in [0.1, 0.15) is 0 Å². The Morgan fingerprint density at radius 3 is 2.72 bits per heavy atom. The highest BCUT2D eigenvalue weighted by molar-refractivity contribution is 5.77. The monoisotopic (exact) mass is 358 g/mol. The highest BCUT2D eigenvalue weighted by Crippen LogP contribution is 2.31. The number of nitrogens with zero attached hydrogens (tertiary/aromatic N) is 1. The molecule has 2 atom stereocenters. The maximum atomic E-state index is 12.7. The van der Waals surface area contributed by atoms with Crippen molar-refractivity contribution in [2.45, 2.75) is 31.9 Å². The summed E-state index contributed by atoms with van der Waals surface area (Å²) in [4.78, 5) is 24.3. The van der Waals surface area contributed by atoms with Crippen molar-refractivity contribution in [1.29, 1.82) is 0 Å². The minimum absolute atomic E-state index is 0.145. The van der Waals surface area contributed by atoms with Crippen LogP contribution in [0.2, 0.25) is 0 Å². The molecule has 1 saturated heterocycles. The number of rotatable bonds is 5. The second-order valence-corrected chi connectivity index (χ2v) is 6.31. The topological polar surface area (TPSA) is 69.6 Å². The Labute approximate surface area is 143 Å². The Bertz CT molecular complexity index is 634. The number of nitrogens with one attached hydrogen (secondary N) is 1. The van der Waals surface area contributed by atoms with Gasteiger partial charge in [-0.2, -0.15) is 13.2 Å². The zero-order valence-electron chi connectivity index (χ0n) is 13.8. The smallest absolute Gasteiger partial charge is 0.416 e. The number of halogens is 3. The summed E-state index contributed by atoms with van der Waals surface area (Å²) in [5.41, 5.74) is -0.117. The third kappa shape index (κ3) is 5.11. The fraction of sp³-hybridized carbons (Fsp3) is 0.529. The number of hydrogen-bond donors (Lipinski definition) is 2. The molecule has 0 aliphatic carbocycles. The van der Waals surface area contributed by atoms with Gasteiger partial charge >= 0.3 is 18.2 Å². The summed E-state index contributed by atoms with van der Waals surface area (Å²) in [6, 6.07) is 4.85. The summed E-state index contributed by atoms with van der Waals surface area (Å²) in [7, 11) is 0. The molecule has 8 heteroatoms. The van der Waals surface area contributed by atoms with Gasteiger partial charge in [0.2, 0.25) is 0 Å². The van der Waals surface area contributed by atoms with Crippen molar-refractivity contribution in [1.82, 2.24) is 10.2 Å². The quantitative estimate of drug-likeness (QED) is 0.848. The van der Waals surface area contributed by atoms with Gasteiger partial charge in [-0.1, -0.05) is 25.1 Å². The van der Waals surface area contributed by atoms with Crippen LogP contribution in [0, 0.1) is 5.92 Å². The van der Waals surface area contributed by atoms with Crippen molar-refractivity contribution in [3.8, 4) is 0 Å². The molecular weight excluding hydrogens is 337 g/mol. The van der Waals surface area contributed by atoms with E-state index in [4.69, 9.17) is 5.11 Å². The molecule has 1 heterocycles. The van der Waals surface area contributed by atoms with Crippen molar-refractivity contribution in [3.63, 3.8) is 0 Å². The first-order valence-electron chi connectivity index (χ1n) is 8.11. The first-order valence-corrected chi connectivity index (χ1v) is 8.11. The first-order chi connectivity index (χ1) is 11.7. The number of benzene rings is 1. The number of amides is 2.